The van der Waals surface area contributed by atoms with Crippen molar-refractivity contribution in [2.75, 3.05) is 24.6 Å². The molecule has 0 aromatic heterocycles. The summed E-state index contributed by atoms with van der Waals surface area (Å²) < 4.78 is 30.9. The number of sulfonamides is 1. The first-order valence-electron chi connectivity index (χ1n) is 5.92. The Morgan fingerprint density at radius 1 is 1.42 bits per heavy atom. The van der Waals surface area contributed by atoms with E-state index in [2.05, 4.69) is 10.6 Å². The summed E-state index contributed by atoms with van der Waals surface area (Å²) in [7, 11) is -3.32. The van der Waals surface area contributed by atoms with E-state index in [1.165, 1.54) is 0 Å². The molecule has 1 rings (SSSR count). The second kappa shape index (κ2) is 7.67. The number of hydrogen-bond donors (Lipinski definition) is 2. The normalized spacial score (nSPS) is 10.9. The van der Waals surface area contributed by atoms with Crippen LogP contribution in [-0.2, 0) is 10.0 Å². The monoisotopic (exact) mass is 282 g/mol. The van der Waals surface area contributed by atoms with Crippen LogP contribution in [0.4, 0.5) is 5.69 Å². The molecule has 0 spiro atoms. The molecule has 104 valence electrons. The Kier molecular flexibility index (Phi) is 6.19. The first kappa shape index (κ1) is 15.3. The molecule has 5 nitrogen and oxygen atoms in total. The van der Waals surface area contributed by atoms with E-state index in [-0.39, 0.29) is 12.4 Å². The zero-order valence-corrected chi connectivity index (χ0v) is 11.4. The van der Waals surface area contributed by atoms with Crippen molar-refractivity contribution in [2.24, 2.45) is 0 Å². The third-order valence-electron chi connectivity index (χ3n) is 2.30. The summed E-state index contributed by atoms with van der Waals surface area (Å²) in [4.78, 5) is 0. The molecule has 1 aromatic carbocycles. The molecule has 0 unspecified atom stereocenters. The third kappa shape index (κ3) is 6.70. The van der Waals surface area contributed by atoms with E-state index in [1.807, 2.05) is 0 Å². The number of nitrogens with two attached hydrogens (primary N) is 1. The standard InChI is InChI=1S/C13H18N2O3S/c1-2-3-4-8-15-19(16,17)10-9-18-13-7-5-6-12(14)11-13/h1,5-7,11,15H,3-4,8-10,14H2. The lowest BCUT2D eigenvalue weighted by atomic mass is 10.3. The number of nitrogen functional groups attached to an aromatic ring is 1. The molecular weight excluding hydrogens is 264 g/mol. The summed E-state index contributed by atoms with van der Waals surface area (Å²) in [6.45, 7) is 0.429. The van der Waals surface area contributed by atoms with Gasteiger partial charge < -0.3 is 10.5 Å². The number of terminal acetylenes is 1. The average Bonchev–Trinajstić information content (AvgIpc) is 2.35. The van der Waals surface area contributed by atoms with Crippen LogP contribution in [0.25, 0.3) is 0 Å². The smallest absolute Gasteiger partial charge is 0.214 e. The highest BCUT2D eigenvalue weighted by Gasteiger charge is 2.09. The number of anilines is 1. The molecule has 0 radical (unpaired) electrons. The molecule has 1 aromatic rings. The Labute approximate surface area is 114 Å². The molecule has 3 N–H and O–H groups in total. The largest absolute Gasteiger partial charge is 0.492 e. The fourth-order valence-electron chi connectivity index (χ4n) is 1.36. The van der Waals surface area contributed by atoms with Crippen LogP contribution in [-0.4, -0.2) is 27.3 Å². The zero-order valence-electron chi connectivity index (χ0n) is 10.6. The maximum atomic E-state index is 11.6. The van der Waals surface area contributed by atoms with Crippen LogP contribution in [0, 0.1) is 12.3 Å². The molecule has 19 heavy (non-hydrogen) atoms. The second-order valence-corrected chi connectivity index (χ2v) is 5.87. The van der Waals surface area contributed by atoms with Crippen LogP contribution in [0.5, 0.6) is 5.75 Å². The Morgan fingerprint density at radius 2 is 2.21 bits per heavy atom. The quantitative estimate of drug-likeness (QED) is 0.423. The first-order chi connectivity index (χ1) is 9.03. The van der Waals surface area contributed by atoms with Gasteiger partial charge in [-0.3, -0.25) is 0 Å². The highest BCUT2D eigenvalue weighted by molar-refractivity contribution is 7.89. The zero-order chi connectivity index (χ0) is 14.1. The topological polar surface area (TPSA) is 81.4 Å². The summed E-state index contributed by atoms with van der Waals surface area (Å²) in [5.74, 6) is 2.91. The van der Waals surface area contributed by atoms with Crippen molar-refractivity contribution in [3.63, 3.8) is 0 Å². The van der Waals surface area contributed by atoms with E-state index in [0.717, 1.165) is 0 Å². The molecule has 0 fully saturated rings. The van der Waals surface area contributed by atoms with Crippen LogP contribution in [0.3, 0.4) is 0 Å². The number of nitrogens with one attached hydrogen (secondary N) is 1. The molecule has 0 saturated heterocycles. The van der Waals surface area contributed by atoms with Gasteiger partial charge in [-0.25, -0.2) is 13.1 Å². The van der Waals surface area contributed by atoms with Gasteiger partial charge in [0.15, 0.2) is 0 Å². The maximum absolute atomic E-state index is 11.6. The number of ether oxygens (including phenoxy) is 1. The molecule has 0 bridgehead atoms. The average molecular weight is 282 g/mol. The summed E-state index contributed by atoms with van der Waals surface area (Å²) in [5.41, 5.74) is 6.16. The minimum absolute atomic E-state index is 0.0773. The lowest BCUT2D eigenvalue weighted by Gasteiger charge is -2.08. The van der Waals surface area contributed by atoms with E-state index < -0.39 is 10.0 Å². The van der Waals surface area contributed by atoms with Gasteiger partial charge in [0.1, 0.15) is 12.4 Å². The Bertz CT molecular complexity index is 535. The van der Waals surface area contributed by atoms with Gasteiger partial charge in [-0.05, 0) is 18.6 Å². The summed E-state index contributed by atoms with van der Waals surface area (Å²) >= 11 is 0. The molecule has 6 heteroatoms. The Balaban J connectivity index is 2.30. The molecule has 0 aliphatic rings. The maximum Gasteiger partial charge on any atom is 0.214 e. The number of hydrogen-bond acceptors (Lipinski definition) is 4. The van der Waals surface area contributed by atoms with Crippen molar-refractivity contribution in [1.82, 2.24) is 4.72 Å². The summed E-state index contributed by atoms with van der Waals surface area (Å²) in [5, 5.41) is 0. The Morgan fingerprint density at radius 3 is 2.89 bits per heavy atom. The molecule has 0 amide bonds. The number of rotatable bonds is 8. The van der Waals surface area contributed by atoms with Crippen molar-refractivity contribution < 1.29 is 13.2 Å². The highest BCUT2D eigenvalue weighted by atomic mass is 32.2. The molecule has 0 aliphatic heterocycles. The lowest BCUT2D eigenvalue weighted by Crippen LogP contribution is -2.29. The fourth-order valence-corrected chi connectivity index (χ4v) is 2.27. The van der Waals surface area contributed by atoms with Crippen molar-refractivity contribution in [1.29, 1.82) is 0 Å². The van der Waals surface area contributed by atoms with E-state index in [1.54, 1.807) is 24.3 Å². The van der Waals surface area contributed by atoms with E-state index in [0.29, 0.717) is 30.8 Å². The van der Waals surface area contributed by atoms with Gasteiger partial charge in [-0.2, -0.15) is 0 Å². The van der Waals surface area contributed by atoms with E-state index >= 15 is 0 Å². The Hall–Kier alpha value is -1.71. The van der Waals surface area contributed by atoms with Gasteiger partial charge in [-0.1, -0.05) is 6.07 Å². The van der Waals surface area contributed by atoms with E-state index in [4.69, 9.17) is 16.9 Å². The van der Waals surface area contributed by atoms with Crippen molar-refractivity contribution in [3.8, 4) is 18.1 Å². The minimum Gasteiger partial charge on any atom is -0.492 e. The lowest BCUT2D eigenvalue weighted by molar-refractivity contribution is 0.340. The van der Waals surface area contributed by atoms with E-state index in [9.17, 15) is 8.42 Å². The van der Waals surface area contributed by atoms with Gasteiger partial charge in [0.05, 0.1) is 5.75 Å². The van der Waals surface area contributed by atoms with Crippen LogP contribution in [0.2, 0.25) is 0 Å². The van der Waals surface area contributed by atoms with Crippen LogP contribution in [0.15, 0.2) is 24.3 Å². The molecule has 0 atom stereocenters. The molecule has 0 saturated carbocycles. The number of unbranched alkanes of at least 4 members (excludes halogenated alkanes) is 1. The third-order valence-corrected chi connectivity index (χ3v) is 3.65. The van der Waals surface area contributed by atoms with Crippen molar-refractivity contribution >= 4 is 15.7 Å². The van der Waals surface area contributed by atoms with Gasteiger partial charge in [0.25, 0.3) is 0 Å². The molecule has 0 heterocycles. The van der Waals surface area contributed by atoms with Gasteiger partial charge in [0.2, 0.25) is 10.0 Å². The second-order valence-electron chi connectivity index (χ2n) is 3.94. The summed E-state index contributed by atoms with van der Waals surface area (Å²) in [6.07, 6.45) is 6.27. The van der Waals surface area contributed by atoms with Crippen LogP contribution in [0.1, 0.15) is 12.8 Å². The molecular formula is C13H18N2O3S. The van der Waals surface area contributed by atoms with Crippen LogP contribution < -0.4 is 15.2 Å². The SMILES string of the molecule is C#CCCCNS(=O)(=O)CCOc1cccc(N)c1. The van der Waals surface area contributed by atoms with Gasteiger partial charge in [-0.15, -0.1) is 12.3 Å². The fraction of sp³-hybridized carbons (Fsp3) is 0.385. The van der Waals surface area contributed by atoms with Crippen molar-refractivity contribution in [2.45, 2.75) is 12.8 Å². The van der Waals surface area contributed by atoms with Gasteiger partial charge in [0, 0.05) is 24.7 Å². The first-order valence-corrected chi connectivity index (χ1v) is 7.58. The van der Waals surface area contributed by atoms with Crippen LogP contribution >= 0.6 is 0 Å². The van der Waals surface area contributed by atoms with Crippen molar-refractivity contribution in [3.05, 3.63) is 24.3 Å². The number of benzene rings is 1. The predicted octanol–water partition coefficient (Wildman–Crippen LogP) is 0.980. The minimum atomic E-state index is -3.32. The van der Waals surface area contributed by atoms with Gasteiger partial charge >= 0.3 is 0 Å². The highest BCUT2D eigenvalue weighted by Crippen LogP contribution is 2.14. The predicted molar refractivity (Wildman–Crippen MR) is 76.2 cm³/mol. The summed E-state index contributed by atoms with van der Waals surface area (Å²) in [6, 6.07) is 6.85. The molecule has 0 aliphatic carbocycles.